The first-order valence-electron chi connectivity index (χ1n) is 5.09. The topological polar surface area (TPSA) is 83.6 Å². The highest BCUT2D eigenvalue weighted by atomic mass is 32.2. The Morgan fingerprint density at radius 1 is 1.44 bits per heavy atom. The molecule has 0 aromatic heterocycles. The molecule has 1 unspecified atom stereocenters. The molecule has 1 heterocycles. The third-order valence-corrected chi connectivity index (χ3v) is 6.42. The summed E-state index contributed by atoms with van der Waals surface area (Å²) in [6.45, 7) is 0.367. The predicted molar refractivity (Wildman–Crippen MR) is 62.5 cm³/mol. The zero-order valence-corrected chi connectivity index (χ0v) is 11.1. The van der Waals surface area contributed by atoms with Crippen molar-refractivity contribution in [3.8, 4) is 0 Å². The van der Waals surface area contributed by atoms with Crippen molar-refractivity contribution in [1.29, 1.82) is 0 Å². The van der Waals surface area contributed by atoms with E-state index in [0.29, 0.717) is 13.0 Å². The van der Waals surface area contributed by atoms with Crippen LogP contribution in [0.15, 0.2) is 0 Å². The van der Waals surface area contributed by atoms with Gasteiger partial charge in [0.05, 0.1) is 17.3 Å². The molecule has 1 atom stereocenters. The first-order chi connectivity index (χ1) is 7.28. The highest BCUT2D eigenvalue weighted by molar-refractivity contribution is 7.92. The molecule has 0 bridgehead atoms. The van der Waals surface area contributed by atoms with Gasteiger partial charge in [-0.15, -0.1) is 0 Å². The maximum atomic E-state index is 11.8. The molecule has 0 radical (unpaired) electrons. The number of sulfonamides is 1. The monoisotopic (exact) mass is 270 g/mol. The summed E-state index contributed by atoms with van der Waals surface area (Å²) in [6, 6.07) is -0.396. The van der Waals surface area contributed by atoms with Gasteiger partial charge >= 0.3 is 0 Å². The van der Waals surface area contributed by atoms with Gasteiger partial charge in [-0.1, -0.05) is 0 Å². The molecule has 1 aliphatic rings. The van der Waals surface area contributed by atoms with E-state index in [1.165, 1.54) is 11.4 Å². The summed E-state index contributed by atoms with van der Waals surface area (Å²) in [7, 11) is -3.26. The molecule has 16 heavy (non-hydrogen) atoms. The Morgan fingerprint density at radius 2 is 2.06 bits per heavy atom. The number of hydrogen-bond donors (Lipinski definition) is 1. The Morgan fingerprint density at radius 3 is 2.50 bits per heavy atom. The van der Waals surface area contributed by atoms with Crippen molar-refractivity contribution in [2.24, 2.45) is 0 Å². The molecule has 1 fully saturated rings. The van der Waals surface area contributed by atoms with Gasteiger partial charge in [0.2, 0.25) is 10.0 Å². The van der Waals surface area contributed by atoms with E-state index < -0.39 is 25.9 Å². The minimum Gasteiger partial charge on any atom is -0.319 e. The van der Waals surface area contributed by atoms with Crippen LogP contribution in [0.25, 0.3) is 0 Å². The van der Waals surface area contributed by atoms with Crippen molar-refractivity contribution in [2.45, 2.75) is 12.5 Å². The normalized spacial score (nSPS) is 25.1. The zero-order valence-electron chi connectivity index (χ0n) is 9.51. The Hall–Kier alpha value is -0.180. The molecule has 1 saturated heterocycles. The number of hydrogen-bond acceptors (Lipinski definition) is 5. The van der Waals surface area contributed by atoms with Gasteiger partial charge in [0.1, 0.15) is 0 Å². The predicted octanol–water partition coefficient (Wildman–Crippen LogP) is -1.35. The van der Waals surface area contributed by atoms with Crippen molar-refractivity contribution in [3.63, 3.8) is 0 Å². The second-order valence-electron chi connectivity index (χ2n) is 3.99. The van der Waals surface area contributed by atoms with Crippen LogP contribution in [-0.4, -0.2) is 65.1 Å². The second kappa shape index (κ2) is 4.99. The molecule has 0 aliphatic carbocycles. The van der Waals surface area contributed by atoms with E-state index in [1.54, 1.807) is 7.05 Å². The largest absolute Gasteiger partial charge is 0.319 e. The number of nitrogens with one attached hydrogen (secondary N) is 1. The lowest BCUT2D eigenvalue weighted by Gasteiger charge is -2.22. The smallest absolute Gasteiger partial charge is 0.215 e. The van der Waals surface area contributed by atoms with Gasteiger partial charge in [-0.05, 0) is 13.5 Å². The lowest BCUT2D eigenvalue weighted by Crippen LogP contribution is -2.40. The highest BCUT2D eigenvalue weighted by Crippen LogP contribution is 2.18. The number of sulfone groups is 1. The molecule has 8 heteroatoms. The summed E-state index contributed by atoms with van der Waals surface area (Å²) in [5.74, 6) is 0.0301. The van der Waals surface area contributed by atoms with Gasteiger partial charge in [-0.25, -0.2) is 21.1 Å². The third kappa shape index (κ3) is 3.41. The molecule has 96 valence electrons. The van der Waals surface area contributed by atoms with E-state index in [9.17, 15) is 16.8 Å². The summed E-state index contributed by atoms with van der Waals surface area (Å²) in [5, 5.41) is 2.76. The molecule has 1 N–H and O–H groups in total. The molecular weight excluding hydrogens is 252 g/mol. The van der Waals surface area contributed by atoms with E-state index >= 15 is 0 Å². The molecule has 1 aliphatic heterocycles. The van der Waals surface area contributed by atoms with Crippen molar-refractivity contribution in [3.05, 3.63) is 0 Å². The lowest BCUT2D eigenvalue weighted by atomic mass is 10.3. The maximum absolute atomic E-state index is 11.8. The van der Waals surface area contributed by atoms with Gasteiger partial charge < -0.3 is 5.32 Å². The number of nitrogens with zero attached hydrogens (tertiary/aromatic N) is 1. The van der Waals surface area contributed by atoms with Gasteiger partial charge in [0.15, 0.2) is 9.84 Å². The standard InChI is InChI=1S/C8H18N2O4S2/c1-9-4-6-16(13,14)10(2)8-3-5-15(11,12)7-8/h8-9H,3-7H2,1-2H3. The average Bonchev–Trinajstić information content (AvgIpc) is 2.54. The summed E-state index contributed by atoms with van der Waals surface area (Å²) >= 11 is 0. The van der Waals surface area contributed by atoms with Crippen LogP contribution >= 0.6 is 0 Å². The van der Waals surface area contributed by atoms with Crippen LogP contribution < -0.4 is 5.32 Å². The van der Waals surface area contributed by atoms with E-state index in [2.05, 4.69) is 5.32 Å². The van der Waals surface area contributed by atoms with Crippen molar-refractivity contribution in [2.75, 3.05) is 37.9 Å². The average molecular weight is 270 g/mol. The van der Waals surface area contributed by atoms with E-state index in [-0.39, 0.29) is 17.3 Å². The molecule has 0 aromatic carbocycles. The molecule has 1 rings (SSSR count). The van der Waals surface area contributed by atoms with E-state index in [1.807, 2.05) is 0 Å². The van der Waals surface area contributed by atoms with Crippen LogP contribution in [0.2, 0.25) is 0 Å². The van der Waals surface area contributed by atoms with E-state index in [4.69, 9.17) is 0 Å². The van der Waals surface area contributed by atoms with Gasteiger partial charge in [0.25, 0.3) is 0 Å². The van der Waals surface area contributed by atoms with Crippen LogP contribution in [0, 0.1) is 0 Å². The van der Waals surface area contributed by atoms with Crippen molar-refractivity contribution >= 4 is 19.9 Å². The minimum absolute atomic E-state index is 0.00342. The van der Waals surface area contributed by atoms with E-state index in [0.717, 1.165) is 0 Å². The fraction of sp³-hybridized carbons (Fsp3) is 1.00. The van der Waals surface area contributed by atoms with Crippen LogP contribution in [0.3, 0.4) is 0 Å². The molecule has 0 spiro atoms. The second-order valence-corrected chi connectivity index (χ2v) is 8.37. The molecular formula is C8H18N2O4S2. The summed E-state index contributed by atoms with van der Waals surface area (Å²) in [4.78, 5) is 0. The van der Waals surface area contributed by atoms with Crippen molar-refractivity contribution < 1.29 is 16.8 Å². The van der Waals surface area contributed by atoms with Crippen LogP contribution in [-0.2, 0) is 19.9 Å². The van der Waals surface area contributed by atoms with Crippen molar-refractivity contribution in [1.82, 2.24) is 9.62 Å². The first kappa shape index (κ1) is 13.9. The Balaban J connectivity index is 2.68. The van der Waals surface area contributed by atoms with Crippen LogP contribution in [0.1, 0.15) is 6.42 Å². The molecule has 6 nitrogen and oxygen atoms in total. The minimum atomic E-state index is -3.35. The Kier molecular flexibility index (Phi) is 4.33. The fourth-order valence-electron chi connectivity index (χ4n) is 1.66. The maximum Gasteiger partial charge on any atom is 0.215 e. The Labute approximate surface area is 97.0 Å². The highest BCUT2D eigenvalue weighted by Gasteiger charge is 2.35. The summed E-state index contributed by atoms with van der Waals surface area (Å²) in [6.07, 6.45) is 0.400. The van der Waals surface area contributed by atoms with Crippen LogP contribution in [0.4, 0.5) is 0 Å². The quantitative estimate of drug-likeness (QED) is 0.668. The summed E-state index contributed by atoms with van der Waals surface area (Å²) in [5.41, 5.74) is 0. The number of rotatable bonds is 5. The SMILES string of the molecule is CNCCS(=O)(=O)N(C)C1CCS(=O)(=O)C1. The molecule has 0 aromatic rings. The van der Waals surface area contributed by atoms with Crippen LogP contribution in [0.5, 0.6) is 0 Å². The first-order valence-corrected chi connectivity index (χ1v) is 8.52. The van der Waals surface area contributed by atoms with Gasteiger partial charge in [-0.2, -0.15) is 0 Å². The molecule has 0 amide bonds. The molecule has 0 saturated carbocycles. The lowest BCUT2D eigenvalue weighted by molar-refractivity contribution is 0.393. The Bertz CT molecular complexity index is 429. The van der Waals surface area contributed by atoms with Gasteiger partial charge in [0, 0.05) is 19.6 Å². The zero-order chi connectivity index (χ0) is 12.4. The van der Waals surface area contributed by atoms with Gasteiger partial charge in [-0.3, -0.25) is 0 Å². The summed E-state index contributed by atoms with van der Waals surface area (Å²) < 4.78 is 47.3. The third-order valence-electron chi connectivity index (χ3n) is 2.77. The fourth-order valence-corrected chi connectivity index (χ4v) is 4.92.